The number of aryl methyl sites for hydroxylation is 1. The summed E-state index contributed by atoms with van der Waals surface area (Å²) in [5.41, 5.74) is 3.50. The van der Waals surface area contributed by atoms with Crippen molar-refractivity contribution in [2.24, 2.45) is 0 Å². The number of ether oxygens (including phenoxy) is 1. The average Bonchev–Trinajstić information content (AvgIpc) is 2.40. The van der Waals surface area contributed by atoms with Crippen molar-refractivity contribution in [3.05, 3.63) is 41.0 Å². The molecule has 0 saturated heterocycles. The maximum Gasteiger partial charge on any atom is 0.337 e. The number of carbonyl (C=O) groups is 1. The first-order valence-electron chi connectivity index (χ1n) is 6.38. The van der Waals surface area contributed by atoms with Crippen LogP contribution >= 0.6 is 0 Å². The Hall–Kier alpha value is -1.81. The van der Waals surface area contributed by atoms with Crippen LogP contribution < -0.4 is 4.90 Å². The molecule has 0 atom stereocenters. The van der Waals surface area contributed by atoms with Gasteiger partial charge in [-0.05, 0) is 30.5 Å². The van der Waals surface area contributed by atoms with Crippen LogP contribution in [-0.2, 0) is 4.74 Å². The van der Waals surface area contributed by atoms with Crippen molar-refractivity contribution in [2.45, 2.75) is 13.3 Å². The SMILES string of the molecule is COCC1=CCN(c2c(C)cccc2C(=O)O)CC1. The Morgan fingerprint density at radius 2 is 2.26 bits per heavy atom. The number of aromatic carboxylic acids is 1. The molecule has 0 bridgehead atoms. The van der Waals surface area contributed by atoms with E-state index in [4.69, 9.17) is 4.74 Å². The Morgan fingerprint density at radius 3 is 2.84 bits per heavy atom. The Labute approximate surface area is 113 Å². The minimum Gasteiger partial charge on any atom is -0.478 e. The fourth-order valence-corrected chi connectivity index (χ4v) is 2.48. The van der Waals surface area contributed by atoms with Crippen molar-refractivity contribution in [3.63, 3.8) is 0 Å². The average molecular weight is 261 g/mol. The van der Waals surface area contributed by atoms with E-state index in [1.807, 2.05) is 13.0 Å². The van der Waals surface area contributed by atoms with Gasteiger partial charge in [0.2, 0.25) is 0 Å². The fourth-order valence-electron chi connectivity index (χ4n) is 2.48. The zero-order chi connectivity index (χ0) is 13.8. The number of carboxylic acids is 1. The predicted octanol–water partition coefficient (Wildman–Crippen LogP) is 2.48. The number of carboxylic acid groups (broad SMARTS) is 1. The minimum atomic E-state index is -0.870. The van der Waals surface area contributed by atoms with Gasteiger partial charge in [0, 0.05) is 20.2 Å². The van der Waals surface area contributed by atoms with Gasteiger partial charge in [0.25, 0.3) is 0 Å². The normalized spacial score (nSPS) is 15.3. The van der Waals surface area contributed by atoms with Crippen LogP contribution in [0.5, 0.6) is 0 Å². The Bertz CT molecular complexity index is 508. The third kappa shape index (κ3) is 2.96. The highest BCUT2D eigenvalue weighted by Crippen LogP contribution is 2.27. The van der Waals surface area contributed by atoms with Crippen LogP contribution in [0, 0.1) is 6.92 Å². The van der Waals surface area contributed by atoms with E-state index in [1.54, 1.807) is 19.2 Å². The molecule has 1 aromatic carbocycles. The van der Waals surface area contributed by atoms with Gasteiger partial charge in [-0.3, -0.25) is 0 Å². The van der Waals surface area contributed by atoms with E-state index in [2.05, 4.69) is 11.0 Å². The lowest BCUT2D eigenvalue weighted by atomic mass is 10.0. The lowest BCUT2D eigenvalue weighted by molar-refractivity contribution is 0.0697. The minimum absolute atomic E-state index is 0.378. The number of nitrogens with zero attached hydrogens (tertiary/aromatic N) is 1. The van der Waals surface area contributed by atoms with Crippen molar-refractivity contribution in [3.8, 4) is 0 Å². The maximum absolute atomic E-state index is 11.3. The summed E-state index contributed by atoms with van der Waals surface area (Å²) < 4.78 is 5.13. The van der Waals surface area contributed by atoms with Crippen LogP contribution in [0.15, 0.2) is 29.8 Å². The van der Waals surface area contributed by atoms with Crippen LogP contribution in [0.3, 0.4) is 0 Å². The van der Waals surface area contributed by atoms with E-state index in [0.717, 1.165) is 30.8 Å². The van der Waals surface area contributed by atoms with E-state index in [-0.39, 0.29) is 0 Å². The maximum atomic E-state index is 11.3. The summed E-state index contributed by atoms with van der Waals surface area (Å²) in [4.78, 5) is 13.4. The topological polar surface area (TPSA) is 49.8 Å². The summed E-state index contributed by atoms with van der Waals surface area (Å²) in [5, 5.41) is 9.29. The first-order valence-corrected chi connectivity index (χ1v) is 6.38. The number of para-hydroxylation sites is 1. The molecule has 1 aliphatic heterocycles. The molecule has 1 heterocycles. The summed E-state index contributed by atoms with van der Waals surface area (Å²) in [6.45, 7) is 4.19. The number of benzene rings is 1. The molecule has 19 heavy (non-hydrogen) atoms. The van der Waals surface area contributed by atoms with Gasteiger partial charge in [-0.15, -0.1) is 0 Å². The van der Waals surface area contributed by atoms with Gasteiger partial charge in [0.05, 0.1) is 17.9 Å². The molecule has 2 rings (SSSR count). The van der Waals surface area contributed by atoms with Crippen LogP contribution in [0.2, 0.25) is 0 Å². The molecule has 0 unspecified atom stereocenters. The van der Waals surface area contributed by atoms with E-state index < -0.39 is 5.97 Å². The molecule has 1 aliphatic rings. The first kappa shape index (κ1) is 13.6. The van der Waals surface area contributed by atoms with Gasteiger partial charge in [0.15, 0.2) is 0 Å². The predicted molar refractivity (Wildman–Crippen MR) is 74.9 cm³/mol. The monoisotopic (exact) mass is 261 g/mol. The third-order valence-corrected chi connectivity index (χ3v) is 3.42. The van der Waals surface area contributed by atoms with Gasteiger partial charge in [-0.25, -0.2) is 4.79 Å². The van der Waals surface area contributed by atoms with Crippen molar-refractivity contribution in [1.29, 1.82) is 0 Å². The molecule has 1 N–H and O–H groups in total. The molecule has 102 valence electrons. The Morgan fingerprint density at radius 1 is 1.47 bits per heavy atom. The molecule has 0 fully saturated rings. The fraction of sp³-hybridized carbons (Fsp3) is 0.400. The van der Waals surface area contributed by atoms with Gasteiger partial charge >= 0.3 is 5.97 Å². The molecule has 0 aliphatic carbocycles. The molecule has 0 aromatic heterocycles. The van der Waals surface area contributed by atoms with E-state index in [1.165, 1.54) is 5.57 Å². The van der Waals surface area contributed by atoms with Gasteiger partial charge in [0.1, 0.15) is 0 Å². The van der Waals surface area contributed by atoms with Crippen molar-refractivity contribution >= 4 is 11.7 Å². The molecule has 4 nitrogen and oxygen atoms in total. The molecular formula is C15H19NO3. The number of rotatable bonds is 4. The summed E-state index contributed by atoms with van der Waals surface area (Å²) >= 11 is 0. The highest BCUT2D eigenvalue weighted by Gasteiger charge is 2.19. The second kappa shape index (κ2) is 5.89. The van der Waals surface area contributed by atoms with E-state index in [9.17, 15) is 9.90 Å². The van der Waals surface area contributed by atoms with Crippen LogP contribution in [-0.4, -0.2) is 37.9 Å². The summed E-state index contributed by atoms with van der Waals surface area (Å²) in [6.07, 6.45) is 3.05. The summed E-state index contributed by atoms with van der Waals surface area (Å²) in [5.74, 6) is -0.870. The standard InChI is InChI=1S/C15H19NO3/c1-11-4-3-5-13(15(17)18)14(11)16-8-6-12(7-9-16)10-19-2/h3-6H,7-10H2,1-2H3,(H,17,18). The van der Waals surface area contributed by atoms with Gasteiger partial charge < -0.3 is 14.7 Å². The molecule has 0 spiro atoms. The molecule has 1 aromatic rings. The number of anilines is 1. The second-order valence-corrected chi connectivity index (χ2v) is 4.77. The number of hydrogen-bond acceptors (Lipinski definition) is 3. The van der Waals surface area contributed by atoms with Crippen molar-refractivity contribution in [2.75, 3.05) is 31.7 Å². The summed E-state index contributed by atoms with van der Waals surface area (Å²) in [7, 11) is 1.69. The van der Waals surface area contributed by atoms with Crippen molar-refractivity contribution in [1.82, 2.24) is 0 Å². The quantitative estimate of drug-likeness (QED) is 0.846. The smallest absolute Gasteiger partial charge is 0.337 e. The zero-order valence-electron chi connectivity index (χ0n) is 11.3. The first-order chi connectivity index (χ1) is 9.13. The van der Waals surface area contributed by atoms with Gasteiger partial charge in [-0.1, -0.05) is 18.2 Å². The van der Waals surface area contributed by atoms with Crippen LogP contribution in [0.1, 0.15) is 22.3 Å². The van der Waals surface area contributed by atoms with Crippen LogP contribution in [0.4, 0.5) is 5.69 Å². The number of methoxy groups -OCH3 is 1. The van der Waals surface area contributed by atoms with Gasteiger partial charge in [-0.2, -0.15) is 0 Å². The number of hydrogen-bond donors (Lipinski definition) is 1. The molecular weight excluding hydrogens is 242 g/mol. The Kier molecular flexibility index (Phi) is 4.22. The Balaban J connectivity index is 2.26. The van der Waals surface area contributed by atoms with Crippen LogP contribution in [0.25, 0.3) is 0 Å². The largest absolute Gasteiger partial charge is 0.478 e. The molecule has 4 heteroatoms. The lowest BCUT2D eigenvalue weighted by Gasteiger charge is -2.30. The van der Waals surface area contributed by atoms with Crippen molar-refractivity contribution < 1.29 is 14.6 Å². The molecule has 0 radical (unpaired) electrons. The third-order valence-electron chi connectivity index (χ3n) is 3.42. The van der Waals surface area contributed by atoms with E-state index >= 15 is 0 Å². The molecule has 0 saturated carbocycles. The van der Waals surface area contributed by atoms with E-state index in [0.29, 0.717) is 12.2 Å². The molecule has 0 amide bonds. The summed E-state index contributed by atoms with van der Waals surface area (Å²) in [6, 6.07) is 5.41. The highest BCUT2D eigenvalue weighted by molar-refractivity contribution is 5.95. The highest BCUT2D eigenvalue weighted by atomic mass is 16.5. The zero-order valence-corrected chi connectivity index (χ0v) is 11.3. The lowest BCUT2D eigenvalue weighted by Crippen LogP contribution is -2.31. The second-order valence-electron chi connectivity index (χ2n) is 4.77.